The molecule has 0 aliphatic rings. The molecular weight excluding hydrogens is 261 g/mol. The molecule has 7 heteroatoms. The van der Waals surface area contributed by atoms with Gasteiger partial charge >= 0.3 is 6.03 Å². The van der Waals surface area contributed by atoms with E-state index in [4.69, 9.17) is 0 Å². The molecule has 2 amide bonds. The van der Waals surface area contributed by atoms with Crippen molar-refractivity contribution in [1.29, 1.82) is 0 Å². The molecule has 0 aliphatic heterocycles. The first-order chi connectivity index (χ1) is 9.60. The quantitative estimate of drug-likeness (QED) is 0.751. The Bertz CT molecular complexity index is 598. The maximum atomic E-state index is 13.3. The summed E-state index contributed by atoms with van der Waals surface area (Å²) in [6, 6.07) is 2.23. The Kier molecular flexibility index (Phi) is 4.29. The van der Waals surface area contributed by atoms with Crippen LogP contribution in [0.3, 0.4) is 0 Å². The fraction of sp³-hybridized carbons (Fsp3) is 0.308. The number of imidazole rings is 1. The lowest BCUT2D eigenvalue weighted by Crippen LogP contribution is -2.33. The number of urea groups is 1. The summed E-state index contributed by atoms with van der Waals surface area (Å²) in [7, 11) is 0. The molecule has 0 radical (unpaired) electrons. The number of hydrogen-bond donors (Lipinski definition) is 3. The minimum atomic E-state index is -0.718. The van der Waals surface area contributed by atoms with E-state index in [-0.39, 0.29) is 11.7 Å². The molecule has 106 valence electrons. The van der Waals surface area contributed by atoms with Gasteiger partial charge in [0.1, 0.15) is 5.82 Å². The molecule has 2 rings (SSSR count). The van der Waals surface area contributed by atoms with Crippen molar-refractivity contribution in [2.24, 2.45) is 0 Å². The number of anilines is 1. The lowest BCUT2D eigenvalue weighted by atomic mass is 10.2. The van der Waals surface area contributed by atoms with E-state index in [9.17, 15) is 9.18 Å². The van der Waals surface area contributed by atoms with Crippen LogP contribution in [0.15, 0.2) is 24.5 Å². The lowest BCUT2D eigenvalue weighted by Gasteiger charge is -2.15. The van der Waals surface area contributed by atoms with Crippen molar-refractivity contribution in [1.82, 2.24) is 20.3 Å². The Balaban J connectivity index is 2.01. The summed E-state index contributed by atoms with van der Waals surface area (Å²) >= 11 is 0. The molecule has 0 spiro atoms. The second-order valence-corrected chi connectivity index (χ2v) is 4.35. The highest BCUT2D eigenvalue weighted by Gasteiger charge is 2.16. The summed E-state index contributed by atoms with van der Waals surface area (Å²) in [5.41, 5.74) is 0.953. The van der Waals surface area contributed by atoms with Crippen molar-refractivity contribution < 1.29 is 9.18 Å². The van der Waals surface area contributed by atoms with Gasteiger partial charge in [0.25, 0.3) is 0 Å². The van der Waals surface area contributed by atoms with Crippen LogP contribution in [0.25, 0.3) is 0 Å². The molecular formula is C13H16FN5O. The van der Waals surface area contributed by atoms with Gasteiger partial charge in [0.05, 0.1) is 11.7 Å². The molecule has 0 bridgehead atoms. The van der Waals surface area contributed by atoms with Gasteiger partial charge in [-0.25, -0.2) is 14.8 Å². The minimum absolute atomic E-state index is 0.0375. The fourth-order valence-electron chi connectivity index (χ4n) is 1.77. The van der Waals surface area contributed by atoms with Crippen LogP contribution in [0.2, 0.25) is 0 Å². The van der Waals surface area contributed by atoms with Gasteiger partial charge in [0, 0.05) is 18.1 Å². The maximum Gasteiger partial charge on any atom is 0.319 e. The molecule has 0 unspecified atom stereocenters. The Hall–Kier alpha value is -2.44. The average molecular weight is 277 g/mol. The number of rotatable bonds is 4. The van der Waals surface area contributed by atoms with E-state index in [1.165, 1.54) is 12.3 Å². The minimum Gasteiger partial charge on any atom is -0.344 e. The predicted octanol–water partition coefficient (Wildman–Crippen LogP) is 2.53. The largest absolute Gasteiger partial charge is 0.344 e. The number of carbonyl (C=O) groups is 1. The number of nitrogens with zero attached hydrogens (tertiary/aromatic N) is 2. The van der Waals surface area contributed by atoms with Crippen LogP contribution in [0.1, 0.15) is 30.9 Å². The predicted molar refractivity (Wildman–Crippen MR) is 72.7 cm³/mol. The van der Waals surface area contributed by atoms with Gasteiger partial charge in [0.2, 0.25) is 5.95 Å². The van der Waals surface area contributed by atoms with Gasteiger partial charge in [-0.3, -0.25) is 0 Å². The Morgan fingerprint density at radius 2 is 2.30 bits per heavy atom. The first-order valence-electron chi connectivity index (χ1n) is 6.29. The van der Waals surface area contributed by atoms with Crippen LogP contribution >= 0.6 is 0 Å². The first kappa shape index (κ1) is 14.0. The Morgan fingerprint density at radius 3 is 2.90 bits per heavy atom. The van der Waals surface area contributed by atoms with Gasteiger partial charge in [-0.05, 0) is 25.5 Å². The topological polar surface area (TPSA) is 82.7 Å². The molecule has 3 N–H and O–H groups in total. The van der Waals surface area contributed by atoms with Crippen molar-refractivity contribution in [3.8, 4) is 0 Å². The normalized spacial score (nSPS) is 11.9. The SMILES string of the molecule is CC[C@H](NC(=O)Nc1cccnc1F)c1ncc(C)[nH]1. The van der Waals surface area contributed by atoms with E-state index in [1.54, 1.807) is 12.3 Å². The van der Waals surface area contributed by atoms with Crippen molar-refractivity contribution in [2.45, 2.75) is 26.3 Å². The molecule has 0 aromatic carbocycles. The van der Waals surface area contributed by atoms with E-state index >= 15 is 0 Å². The Morgan fingerprint density at radius 1 is 1.50 bits per heavy atom. The van der Waals surface area contributed by atoms with E-state index in [2.05, 4.69) is 25.6 Å². The third-order valence-electron chi connectivity index (χ3n) is 2.77. The highest BCUT2D eigenvalue weighted by molar-refractivity contribution is 5.89. The number of H-pyrrole nitrogens is 1. The standard InChI is InChI=1S/C13H16FN5O/c1-3-9(12-16-7-8(2)17-12)18-13(20)19-10-5-4-6-15-11(10)14/h4-7,9H,3H2,1-2H3,(H,16,17)(H2,18,19,20)/t9-/m0/s1. The maximum absolute atomic E-state index is 13.3. The van der Waals surface area contributed by atoms with Crippen LogP contribution in [-0.2, 0) is 0 Å². The van der Waals surface area contributed by atoms with Gasteiger partial charge in [-0.15, -0.1) is 0 Å². The molecule has 6 nitrogen and oxygen atoms in total. The van der Waals surface area contributed by atoms with E-state index in [0.29, 0.717) is 12.2 Å². The van der Waals surface area contributed by atoms with Gasteiger partial charge < -0.3 is 15.6 Å². The van der Waals surface area contributed by atoms with Crippen molar-refractivity contribution in [2.75, 3.05) is 5.32 Å². The van der Waals surface area contributed by atoms with Crippen molar-refractivity contribution >= 4 is 11.7 Å². The monoisotopic (exact) mass is 277 g/mol. The molecule has 0 saturated heterocycles. The molecule has 20 heavy (non-hydrogen) atoms. The second kappa shape index (κ2) is 6.14. The number of aromatic amines is 1. The third kappa shape index (κ3) is 3.31. The lowest BCUT2D eigenvalue weighted by molar-refractivity contribution is 0.247. The zero-order chi connectivity index (χ0) is 14.5. The zero-order valence-corrected chi connectivity index (χ0v) is 11.3. The van der Waals surface area contributed by atoms with Crippen LogP contribution in [0.4, 0.5) is 14.9 Å². The summed E-state index contributed by atoms with van der Waals surface area (Å²) < 4.78 is 13.3. The highest BCUT2D eigenvalue weighted by atomic mass is 19.1. The van der Waals surface area contributed by atoms with Crippen LogP contribution in [0, 0.1) is 12.9 Å². The number of halogens is 1. The molecule has 2 heterocycles. The van der Waals surface area contributed by atoms with E-state index in [0.717, 1.165) is 5.69 Å². The summed E-state index contributed by atoms with van der Waals surface area (Å²) in [4.78, 5) is 22.6. The number of hydrogen-bond acceptors (Lipinski definition) is 3. The summed E-state index contributed by atoms with van der Waals surface area (Å²) in [6.45, 7) is 3.81. The van der Waals surface area contributed by atoms with Crippen molar-refractivity contribution in [3.05, 3.63) is 42.0 Å². The van der Waals surface area contributed by atoms with Crippen LogP contribution in [-0.4, -0.2) is 21.0 Å². The second-order valence-electron chi connectivity index (χ2n) is 4.35. The molecule has 2 aromatic rings. The van der Waals surface area contributed by atoms with E-state index in [1.807, 2.05) is 13.8 Å². The highest BCUT2D eigenvalue weighted by Crippen LogP contribution is 2.14. The van der Waals surface area contributed by atoms with Crippen molar-refractivity contribution in [3.63, 3.8) is 0 Å². The summed E-state index contributed by atoms with van der Waals surface area (Å²) in [5.74, 6) is -0.0450. The fourth-order valence-corrected chi connectivity index (χ4v) is 1.77. The first-order valence-corrected chi connectivity index (χ1v) is 6.29. The summed E-state index contributed by atoms with van der Waals surface area (Å²) in [6.07, 6.45) is 3.67. The number of aromatic nitrogens is 3. The number of carbonyl (C=O) groups excluding carboxylic acids is 1. The zero-order valence-electron chi connectivity index (χ0n) is 11.3. The smallest absolute Gasteiger partial charge is 0.319 e. The average Bonchev–Trinajstić information content (AvgIpc) is 2.85. The van der Waals surface area contributed by atoms with Gasteiger partial charge in [-0.1, -0.05) is 6.92 Å². The Labute approximate surface area is 115 Å². The van der Waals surface area contributed by atoms with Gasteiger partial charge in [0.15, 0.2) is 0 Å². The summed E-state index contributed by atoms with van der Waals surface area (Å²) in [5, 5.41) is 5.16. The number of pyridine rings is 1. The van der Waals surface area contributed by atoms with Crippen LogP contribution < -0.4 is 10.6 Å². The van der Waals surface area contributed by atoms with E-state index < -0.39 is 12.0 Å². The molecule has 0 fully saturated rings. The molecule has 0 aliphatic carbocycles. The molecule has 0 saturated carbocycles. The number of aryl methyl sites for hydroxylation is 1. The van der Waals surface area contributed by atoms with Crippen LogP contribution in [0.5, 0.6) is 0 Å². The number of nitrogens with one attached hydrogen (secondary N) is 3. The molecule has 1 atom stereocenters. The van der Waals surface area contributed by atoms with Gasteiger partial charge in [-0.2, -0.15) is 4.39 Å². The molecule has 2 aromatic heterocycles. The number of amides is 2. The third-order valence-corrected chi connectivity index (χ3v) is 2.77.